The van der Waals surface area contributed by atoms with Crippen molar-refractivity contribution in [3.8, 4) is 0 Å². The standard InChI is InChI=1S/C13H19N3O2/c1-9-6-12(17)11(8-15-9)13(18)16-10-4-2-3-5-14-7-10/h6,8,10,14H,2-5,7H2,1H3,(H,15,17)(H,16,18). The van der Waals surface area contributed by atoms with E-state index in [1.165, 1.54) is 12.3 Å². The molecule has 0 radical (unpaired) electrons. The van der Waals surface area contributed by atoms with Crippen LogP contribution in [0.15, 0.2) is 17.1 Å². The SMILES string of the molecule is Cc1cc(=O)c(C(=O)NC2CCCCNC2)c[nH]1. The highest BCUT2D eigenvalue weighted by Gasteiger charge is 2.17. The van der Waals surface area contributed by atoms with E-state index in [0.29, 0.717) is 0 Å². The molecule has 1 fully saturated rings. The first-order valence-electron chi connectivity index (χ1n) is 6.38. The number of aryl methyl sites for hydroxylation is 1. The Kier molecular flexibility index (Phi) is 4.15. The van der Waals surface area contributed by atoms with Crippen LogP contribution in [0.25, 0.3) is 0 Å². The summed E-state index contributed by atoms with van der Waals surface area (Å²) in [5.74, 6) is -0.287. The number of aromatic nitrogens is 1. The Bertz CT molecular complexity index is 473. The van der Waals surface area contributed by atoms with Gasteiger partial charge in [0.05, 0.1) is 0 Å². The molecule has 1 atom stereocenters. The topological polar surface area (TPSA) is 74.0 Å². The third-order valence-corrected chi connectivity index (χ3v) is 3.18. The summed E-state index contributed by atoms with van der Waals surface area (Å²) in [5.41, 5.74) is 0.711. The van der Waals surface area contributed by atoms with Crippen LogP contribution in [0.1, 0.15) is 35.3 Å². The first kappa shape index (κ1) is 12.8. The van der Waals surface area contributed by atoms with E-state index < -0.39 is 0 Å². The molecule has 18 heavy (non-hydrogen) atoms. The smallest absolute Gasteiger partial charge is 0.257 e. The predicted molar refractivity (Wildman–Crippen MR) is 69.8 cm³/mol. The van der Waals surface area contributed by atoms with Gasteiger partial charge in [0.1, 0.15) is 5.56 Å². The number of nitrogens with one attached hydrogen (secondary N) is 3. The number of carbonyl (C=O) groups is 1. The van der Waals surface area contributed by atoms with Crippen molar-refractivity contribution in [2.24, 2.45) is 0 Å². The van der Waals surface area contributed by atoms with Gasteiger partial charge in [0.15, 0.2) is 5.43 Å². The normalized spacial score (nSPS) is 20.2. The molecule has 0 spiro atoms. The van der Waals surface area contributed by atoms with E-state index in [-0.39, 0.29) is 22.9 Å². The molecule has 1 amide bonds. The summed E-state index contributed by atoms with van der Waals surface area (Å²) in [7, 11) is 0. The van der Waals surface area contributed by atoms with Crippen LogP contribution < -0.4 is 16.1 Å². The summed E-state index contributed by atoms with van der Waals surface area (Å²) in [6, 6.07) is 1.56. The number of pyridine rings is 1. The minimum Gasteiger partial charge on any atom is -0.364 e. The lowest BCUT2D eigenvalue weighted by atomic mass is 10.1. The van der Waals surface area contributed by atoms with Crippen molar-refractivity contribution in [3.63, 3.8) is 0 Å². The van der Waals surface area contributed by atoms with Crippen LogP contribution in [-0.4, -0.2) is 30.0 Å². The molecule has 0 aromatic carbocycles. The zero-order valence-electron chi connectivity index (χ0n) is 10.6. The Hall–Kier alpha value is -1.62. The van der Waals surface area contributed by atoms with Crippen molar-refractivity contribution in [3.05, 3.63) is 33.7 Å². The van der Waals surface area contributed by atoms with Gasteiger partial charge in [0.2, 0.25) is 0 Å². The van der Waals surface area contributed by atoms with Gasteiger partial charge in [-0.15, -0.1) is 0 Å². The molecule has 1 unspecified atom stereocenters. The van der Waals surface area contributed by atoms with E-state index in [0.717, 1.165) is 38.0 Å². The van der Waals surface area contributed by atoms with E-state index in [2.05, 4.69) is 15.6 Å². The summed E-state index contributed by atoms with van der Waals surface area (Å²) in [4.78, 5) is 26.6. The minimum atomic E-state index is -0.287. The van der Waals surface area contributed by atoms with Crippen molar-refractivity contribution in [1.82, 2.24) is 15.6 Å². The van der Waals surface area contributed by atoms with Gasteiger partial charge in [-0.1, -0.05) is 6.42 Å². The van der Waals surface area contributed by atoms with Crippen LogP contribution in [0.2, 0.25) is 0 Å². The molecular formula is C13H19N3O2. The van der Waals surface area contributed by atoms with E-state index in [4.69, 9.17) is 0 Å². The van der Waals surface area contributed by atoms with E-state index in [1.54, 1.807) is 6.92 Å². The molecule has 0 aliphatic carbocycles. The molecule has 3 N–H and O–H groups in total. The van der Waals surface area contributed by atoms with E-state index >= 15 is 0 Å². The zero-order valence-corrected chi connectivity index (χ0v) is 10.6. The largest absolute Gasteiger partial charge is 0.364 e. The highest BCUT2D eigenvalue weighted by Crippen LogP contribution is 2.04. The molecule has 1 aliphatic rings. The maximum atomic E-state index is 12.0. The average molecular weight is 249 g/mol. The maximum Gasteiger partial charge on any atom is 0.257 e. The van der Waals surface area contributed by atoms with Crippen LogP contribution in [0.3, 0.4) is 0 Å². The molecule has 0 bridgehead atoms. The quantitative estimate of drug-likeness (QED) is 0.717. The summed E-state index contributed by atoms with van der Waals surface area (Å²) in [6.45, 7) is 3.56. The van der Waals surface area contributed by atoms with Gasteiger partial charge in [0.25, 0.3) is 5.91 Å². The van der Waals surface area contributed by atoms with Gasteiger partial charge >= 0.3 is 0 Å². The number of amides is 1. The summed E-state index contributed by atoms with van der Waals surface area (Å²) in [6.07, 6.45) is 4.68. The predicted octanol–water partition coefficient (Wildman–Crippen LogP) is 0.555. The lowest BCUT2D eigenvalue weighted by Crippen LogP contribution is -2.42. The number of aromatic amines is 1. The fourth-order valence-electron chi connectivity index (χ4n) is 2.16. The minimum absolute atomic E-state index is 0.112. The Morgan fingerprint density at radius 3 is 3.06 bits per heavy atom. The van der Waals surface area contributed by atoms with Crippen LogP contribution in [0.4, 0.5) is 0 Å². The summed E-state index contributed by atoms with van der Waals surface area (Å²) in [5, 5.41) is 6.19. The summed E-state index contributed by atoms with van der Waals surface area (Å²) < 4.78 is 0. The zero-order chi connectivity index (χ0) is 13.0. The third kappa shape index (κ3) is 3.20. The first-order valence-corrected chi connectivity index (χ1v) is 6.38. The molecule has 2 rings (SSSR count). The van der Waals surface area contributed by atoms with Gasteiger partial charge in [-0.05, 0) is 26.3 Å². The van der Waals surface area contributed by atoms with E-state index in [1.807, 2.05) is 0 Å². The Morgan fingerprint density at radius 2 is 2.28 bits per heavy atom. The molecule has 5 nitrogen and oxygen atoms in total. The van der Waals surface area contributed by atoms with Crippen molar-refractivity contribution in [2.45, 2.75) is 32.2 Å². The second kappa shape index (κ2) is 5.82. The molecular weight excluding hydrogens is 230 g/mol. The van der Waals surface area contributed by atoms with Crippen LogP contribution in [0, 0.1) is 6.92 Å². The number of carbonyl (C=O) groups excluding carboxylic acids is 1. The van der Waals surface area contributed by atoms with Crippen molar-refractivity contribution in [2.75, 3.05) is 13.1 Å². The average Bonchev–Trinajstić information content (AvgIpc) is 2.57. The van der Waals surface area contributed by atoms with Crippen LogP contribution >= 0.6 is 0 Å². The number of hydrogen-bond donors (Lipinski definition) is 3. The van der Waals surface area contributed by atoms with E-state index in [9.17, 15) is 9.59 Å². The van der Waals surface area contributed by atoms with Gasteiger partial charge in [-0.3, -0.25) is 9.59 Å². The third-order valence-electron chi connectivity index (χ3n) is 3.18. The lowest BCUT2D eigenvalue weighted by Gasteiger charge is -2.16. The van der Waals surface area contributed by atoms with Gasteiger partial charge in [-0.25, -0.2) is 0 Å². The molecule has 0 saturated carbocycles. The van der Waals surface area contributed by atoms with Crippen LogP contribution in [-0.2, 0) is 0 Å². The maximum absolute atomic E-state index is 12.0. The molecule has 1 aliphatic heterocycles. The van der Waals surface area contributed by atoms with Crippen LogP contribution in [0.5, 0.6) is 0 Å². The molecule has 2 heterocycles. The Morgan fingerprint density at radius 1 is 1.44 bits per heavy atom. The Labute approximate surface area is 106 Å². The lowest BCUT2D eigenvalue weighted by molar-refractivity contribution is 0.0934. The highest BCUT2D eigenvalue weighted by molar-refractivity contribution is 5.93. The molecule has 1 aromatic heterocycles. The molecule has 1 saturated heterocycles. The van der Waals surface area contributed by atoms with Crippen molar-refractivity contribution < 1.29 is 4.79 Å². The fourth-order valence-corrected chi connectivity index (χ4v) is 2.16. The molecule has 98 valence electrons. The van der Waals surface area contributed by atoms with Gasteiger partial charge in [0, 0.05) is 30.5 Å². The second-order valence-electron chi connectivity index (χ2n) is 4.76. The molecule has 5 heteroatoms. The van der Waals surface area contributed by atoms with Gasteiger partial charge < -0.3 is 15.6 Å². The Balaban J connectivity index is 2.04. The van der Waals surface area contributed by atoms with Crippen molar-refractivity contribution >= 4 is 5.91 Å². The van der Waals surface area contributed by atoms with Crippen molar-refractivity contribution in [1.29, 1.82) is 0 Å². The monoisotopic (exact) mass is 249 g/mol. The summed E-state index contributed by atoms with van der Waals surface area (Å²) >= 11 is 0. The molecule has 1 aromatic rings. The number of H-pyrrole nitrogens is 1. The number of rotatable bonds is 2. The second-order valence-corrected chi connectivity index (χ2v) is 4.76. The first-order chi connectivity index (χ1) is 8.66. The van der Waals surface area contributed by atoms with Gasteiger partial charge in [-0.2, -0.15) is 0 Å². The number of hydrogen-bond acceptors (Lipinski definition) is 3. The highest BCUT2D eigenvalue weighted by atomic mass is 16.2. The fraction of sp³-hybridized carbons (Fsp3) is 0.538.